The molecule has 2 aromatic heterocycles. The fourth-order valence-electron chi connectivity index (χ4n) is 2.63. The maximum Gasteiger partial charge on any atom is 0.338 e. The summed E-state index contributed by atoms with van der Waals surface area (Å²) in [5, 5.41) is 4.26. The molecule has 0 aliphatic heterocycles. The molecule has 0 unspecified atom stereocenters. The lowest BCUT2D eigenvalue weighted by Crippen LogP contribution is -2.32. The van der Waals surface area contributed by atoms with Gasteiger partial charge in [-0.15, -0.1) is 0 Å². The van der Waals surface area contributed by atoms with E-state index in [4.69, 9.17) is 4.74 Å². The van der Waals surface area contributed by atoms with E-state index < -0.39 is 16.0 Å². The summed E-state index contributed by atoms with van der Waals surface area (Å²) in [6.45, 7) is 1.93. The lowest BCUT2D eigenvalue weighted by molar-refractivity contribution is 0.0526. The van der Waals surface area contributed by atoms with E-state index in [1.54, 1.807) is 31.5 Å². The van der Waals surface area contributed by atoms with Crippen LogP contribution in [0.25, 0.3) is 11.3 Å². The summed E-state index contributed by atoms with van der Waals surface area (Å²) in [5.74, 6) is -0.520. The second-order valence-electron chi connectivity index (χ2n) is 6.16. The molecule has 0 aliphatic carbocycles. The molecular weight excluding hydrogens is 408 g/mol. The predicted octanol–water partition coefficient (Wildman–Crippen LogP) is 1.46. The Hall–Kier alpha value is -3.37. The van der Waals surface area contributed by atoms with Gasteiger partial charge in [0, 0.05) is 30.6 Å². The largest absolute Gasteiger partial charge is 0.462 e. The van der Waals surface area contributed by atoms with Crippen molar-refractivity contribution < 1.29 is 17.9 Å². The minimum Gasteiger partial charge on any atom is -0.462 e. The van der Waals surface area contributed by atoms with Gasteiger partial charge in [0.1, 0.15) is 0 Å². The van der Waals surface area contributed by atoms with Crippen molar-refractivity contribution in [1.82, 2.24) is 19.5 Å². The van der Waals surface area contributed by atoms with E-state index >= 15 is 0 Å². The van der Waals surface area contributed by atoms with Crippen molar-refractivity contribution in [3.63, 3.8) is 0 Å². The number of aromatic nitrogens is 3. The minimum absolute atomic E-state index is 0.0000322. The third-order valence-electron chi connectivity index (χ3n) is 4.12. The highest BCUT2D eigenvalue weighted by atomic mass is 32.2. The van der Waals surface area contributed by atoms with E-state index in [0.717, 1.165) is 5.56 Å². The van der Waals surface area contributed by atoms with Crippen LogP contribution in [-0.2, 0) is 21.3 Å². The Labute approximate surface area is 173 Å². The number of ether oxygens (including phenoxy) is 1. The Morgan fingerprint density at radius 3 is 2.57 bits per heavy atom. The molecule has 156 valence electrons. The van der Waals surface area contributed by atoms with Crippen LogP contribution >= 0.6 is 0 Å². The van der Waals surface area contributed by atoms with Gasteiger partial charge >= 0.3 is 5.97 Å². The Balaban J connectivity index is 1.67. The molecule has 0 aliphatic rings. The molecule has 9 nitrogen and oxygen atoms in total. The summed E-state index contributed by atoms with van der Waals surface area (Å²) in [5.41, 5.74) is 1.22. The van der Waals surface area contributed by atoms with Crippen LogP contribution in [0.4, 0.5) is 0 Å². The average molecular weight is 428 g/mol. The molecule has 0 amide bonds. The third-order valence-corrected chi connectivity index (χ3v) is 5.59. The summed E-state index contributed by atoms with van der Waals surface area (Å²) < 4.78 is 33.4. The first kappa shape index (κ1) is 21.3. The molecule has 3 aromatic rings. The zero-order chi connectivity index (χ0) is 21.6. The fraction of sp³-hybridized carbons (Fsp3) is 0.200. The van der Waals surface area contributed by atoms with E-state index in [9.17, 15) is 18.0 Å². The number of esters is 1. The zero-order valence-electron chi connectivity index (χ0n) is 16.2. The summed E-state index contributed by atoms with van der Waals surface area (Å²) in [4.78, 5) is 27.7. The molecule has 2 heterocycles. The molecule has 0 fully saturated rings. The number of rotatable bonds is 8. The molecule has 3 rings (SSSR count). The zero-order valence-corrected chi connectivity index (χ0v) is 17.0. The lowest BCUT2D eigenvalue weighted by Gasteiger charge is -2.09. The van der Waals surface area contributed by atoms with E-state index in [-0.39, 0.29) is 35.7 Å². The van der Waals surface area contributed by atoms with Gasteiger partial charge in [-0.2, -0.15) is 5.10 Å². The molecule has 0 radical (unpaired) electrons. The molecule has 0 saturated heterocycles. The number of hydrogen-bond donors (Lipinski definition) is 1. The van der Waals surface area contributed by atoms with Crippen LogP contribution in [0, 0.1) is 0 Å². The first-order valence-corrected chi connectivity index (χ1v) is 10.6. The Kier molecular flexibility index (Phi) is 6.70. The van der Waals surface area contributed by atoms with E-state index in [0.29, 0.717) is 5.69 Å². The molecule has 1 aromatic carbocycles. The van der Waals surface area contributed by atoms with Gasteiger partial charge in [-0.3, -0.25) is 9.78 Å². The van der Waals surface area contributed by atoms with E-state index in [2.05, 4.69) is 14.8 Å². The van der Waals surface area contributed by atoms with Gasteiger partial charge in [0.25, 0.3) is 5.56 Å². The first-order chi connectivity index (χ1) is 14.4. The topological polar surface area (TPSA) is 120 Å². The Morgan fingerprint density at radius 1 is 1.13 bits per heavy atom. The smallest absolute Gasteiger partial charge is 0.338 e. The number of benzene rings is 1. The van der Waals surface area contributed by atoms with Gasteiger partial charge in [0.05, 0.1) is 29.3 Å². The Bertz CT molecular complexity index is 1180. The molecule has 0 atom stereocenters. The standard InChI is InChI=1S/C20H20N4O5S/c1-2-29-20(26)15-5-7-17(8-6-15)30(27,28)22-12-13-24-19(25)10-9-18(23-24)16-4-3-11-21-14-16/h3-11,14,22H,2,12-13H2,1H3. The molecular formula is C20H20N4O5S. The number of carbonyl (C=O) groups is 1. The maximum absolute atomic E-state index is 12.5. The number of nitrogens with one attached hydrogen (secondary N) is 1. The molecule has 1 N–H and O–H groups in total. The van der Waals surface area contributed by atoms with Crippen LogP contribution in [-0.4, -0.2) is 42.3 Å². The number of sulfonamides is 1. The van der Waals surface area contributed by atoms with Crippen molar-refractivity contribution in [3.8, 4) is 11.3 Å². The van der Waals surface area contributed by atoms with E-state index in [1.165, 1.54) is 35.0 Å². The highest BCUT2D eigenvalue weighted by Gasteiger charge is 2.15. The van der Waals surface area contributed by atoms with Crippen LogP contribution in [0.1, 0.15) is 17.3 Å². The van der Waals surface area contributed by atoms with Crippen LogP contribution < -0.4 is 10.3 Å². The first-order valence-electron chi connectivity index (χ1n) is 9.16. The van der Waals surface area contributed by atoms with Gasteiger partial charge in [-0.25, -0.2) is 22.6 Å². The number of carbonyl (C=O) groups excluding carboxylic acids is 1. The maximum atomic E-state index is 12.5. The predicted molar refractivity (Wildman–Crippen MR) is 109 cm³/mol. The highest BCUT2D eigenvalue weighted by molar-refractivity contribution is 7.89. The molecule has 30 heavy (non-hydrogen) atoms. The van der Waals surface area contributed by atoms with Crippen molar-refractivity contribution in [3.05, 3.63) is 76.8 Å². The SMILES string of the molecule is CCOC(=O)c1ccc(S(=O)(=O)NCCn2nc(-c3cccnc3)ccc2=O)cc1. The normalized spacial score (nSPS) is 11.2. The van der Waals surface area contributed by atoms with Gasteiger partial charge in [0.15, 0.2) is 0 Å². The van der Waals surface area contributed by atoms with Crippen molar-refractivity contribution in [2.75, 3.05) is 13.2 Å². The fourth-order valence-corrected chi connectivity index (χ4v) is 3.65. The number of hydrogen-bond acceptors (Lipinski definition) is 7. The minimum atomic E-state index is -3.82. The summed E-state index contributed by atoms with van der Waals surface area (Å²) in [6, 6.07) is 11.9. The van der Waals surface area contributed by atoms with Crippen molar-refractivity contribution in [1.29, 1.82) is 0 Å². The second kappa shape index (κ2) is 9.42. The van der Waals surface area contributed by atoms with Crippen LogP contribution in [0.3, 0.4) is 0 Å². The molecule has 0 bridgehead atoms. The lowest BCUT2D eigenvalue weighted by atomic mass is 10.2. The molecule has 0 saturated carbocycles. The number of nitrogens with zero attached hydrogens (tertiary/aromatic N) is 3. The Morgan fingerprint density at radius 2 is 1.90 bits per heavy atom. The summed E-state index contributed by atoms with van der Waals surface area (Å²) in [7, 11) is -3.82. The average Bonchev–Trinajstić information content (AvgIpc) is 2.76. The highest BCUT2D eigenvalue weighted by Crippen LogP contribution is 2.13. The van der Waals surface area contributed by atoms with Gasteiger partial charge in [0.2, 0.25) is 10.0 Å². The van der Waals surface area contributed by atoms with Crippen molar-refractivity contribution in [2.24, 2.45) is 0 Å². The van der Waals surface area contributed by atoms with Crippen LogP contribution in [0.15, 0.2) is 70.6 Å². The summed E-state index contributed by atoms with van der Waals surface area (Å²) >= 11 is 0. The number of pyridine rings is 1. The van der Waals surface area contributed by atoms with Gasteiger partial charge in [-0.1, -0.05) is 0 Å². The van der Waals surface area contributed by atoms with Crippen LogP contribution in [0.5, 0.6) is 0 Å². The second-order valence-corrected chi connectivity index (χ2v) is 7.93. The van der Waals surface area contributed by atoms with Gasteiger partial charge in [-0.05, 0) is 49.4 Å². The van der Waals surface area contributed by atoms with Gasteiger partial charge < -0.3 is 4.74 Å². The van der Waals surface area contributed by atoms with Crippen LogP contribution in [0.2, 0.25) is 0 Å². The quantitative estimate of drug-likeness (QED) is 0.539. The monoisotopic (exact) mass is 428 g/mol. The van der Waals surface area contributed by atoms with Crippen molar-refractivity contribution in [2.45, 2.75) is 18.4 Å². The third kappa shape index (κ3) is 5.16. The molecule has 0 spiro atoms. The summed E-state index contributed by atoms with van der Waals surface area (Å²) in [6.07, 6.45) is 3.26. The van der Waals surface area contributed by atoms with E-state index in [1.807, 2.05) is 6.07 Å². The van der Waals surface area contributed by atoms with Crippen molar-refractivity contribution >= 4 is 16.0 Å². The molecule has 10 heteroatoms.